The van der Waals surface area contributed by atoms with Gasteiger partial charge in [0.25, 0.3) is 0 Å². The van der Waals surface area contributed by atoms with Crippen LogP contribution in [0.2, 0.25) is 0 Å². The number of aromatic carboxylic acids is 1. The average molecular weight is 276 g/mol. The Bertz CT molecular complexity index is 530. The third kappa shape index (κ3) is 2.76. The van der Waals surface area contributed by atoms with Crippen LogP contribution in [0.5, 0.6) is 0 Å². The van der Waals surface area contributed by atoms with E-state index in [1.807, 2.05) is 0 Å². The molecule has 5 heteroatoms. The van der Waals surface area contributed by atoms with Gasteiger partial charge in [-0.15, -0.1) is 0 Å². The summed E-state index contributed by atoms with van der Waals surface area (Å²) in [6, 6.07) is 4.61. The number of amides is 2. The van der Waals surface area contributed by atoms with Crippen molar-refractivity contribution in [3.8, 4) is 0 Å². The molecule has 0 aromatic heterocycles. The van der Waals surface area contributed by atoms with E-state index in [1.54, 1.807) is 19.1 Å². The lowest BCUT2D eigenvalue weighted by atomic mass is 9.75. The van der Waals surface area contributed by atoms with Crippen LogP contribution in [-0.4, -0.2) is 22.6 Å². The fourth-order valence-corrected chi connectivity index (χ4v) is 2.57. The molecule has 108 valence electrons. The quantitative estimate of drug-likeness (QED) is 0.790. The topological polar surface area (TPSA) is 78.4 Å². The second-order valence-electron chi connectivity index (χ2n) is 5.37. The van der Waals surface area contributed by atoms with E-state index in [0.29, 0.717) is 5.69 Å². The van der Waals surface area contributed by atoms with E-state index in [1.165, 1.54) is 6.07 Å². The van der Waals surface area contributed by atoms with Crippen LogP contribution in [-0.2, 0) is 0 Å². The zero-order valence-electron chi connectivity index (χ0n) is 11.8. The van der Waals surface area contributed by atoms with Crippen LogP contribution < -0.4 is 10.6 Å². The molecular formula is C15H20N2O3. The maximum Gasteiger partial charge on any atom is 0.337 e. The molecule has 5 nitrogen and oxygen atoms in total. The number of rotatable bonds is 4. The van der Waals surface area contributed by atoms with E-state index in [0.717, 1.165) is 31.2 Å². The smallest absolute Gasteiger partial charge is 0.337 e. The molecule has 0 unspecified atom stereocenters. The van der Waals surface area contributed by atoms with E-state index in [2.05, 4.69) is 17.6 Å². The number of hydrogen-bond acceptors (Lipinski definition) is 2. The Kier molecular flexibility index (Phi) is 3.97. The molecule has 0 radical (unpaired) electrons. The first-order valence-corrected chi connectivity index (χ1v) is 6.89. The molecule has 20 heavy (non-hydrogen) atoms. The number of para-hydroxylation sites is 1. The van der Waals surface area contributed by atoms with E-state index >= 15 is 0 Å². The Labute approximate surface area is 118 Å². The SMILES string of the molecule is CCC1(NC(=O)Nc2c(C)cccc2C(=O)O)CCC1. The number of urea groups is 1. The lowest BCUT2D eigenvalue weighted by Gasteiger charge is -2.41. The van der Waals surface area contributed by atoms with Crippen molar-refractivity contribution in [2.75, 3.05) is 5.32 Å². The van der Waals surface area contributed by atoms with Gasteiger partial charge in [0.2, 0.25) is 0 Å². The summed E-state index contributed by atoms with van der Waals surface area (Å²) in [5.74, 6) is -1.04. The molecule has 1 saturated carbocycles. The maximum atomic E-state index is 12.1. The normalized spacial score (nSPS) is 16.1. The summed E-state index contributed by atoms with van der Waals surface area (Å²) in [6.07, 6.45) is 3.98. The molecule has 0 heterocycles. The summed E-state index contributed by atoms with van der Waals surface area (Å²) < 4.78 is 0. The van der Waals surface area contributed by atoms with Crippen LogP contribution >= 0.6 is 0 Å². The highest BCUT2D eigenvalue weighted by molar-refractivity contribution is 6.01. The predicted octanol–water partition coefficient (Wildman–Crippen LogP) is 3.15. The summed E-state index contributed by atoms with van der Waals surface area (Å²) in [5.41, 5.74) is 1.09. The minimum Gasteiger partial charge on any atom is -0.478 e. The highest BCUT2D eigenvalue weighted by atomic mass is 16.4. The molecule has 0 saturated heterocycles. The number of carbonyl (C=O) groups is 2. The van der Waals surface area contributed by atoms with E-state index in [9.17, 15) is 9.59 Å². The third-order valence-corrected chi connectivity index (χ3v) is 4.11. The van der Waals surface area contributed by atoms with Crippen LogP contribution in [0.4, 0.5) is 10.5 Å². The molecule has 0 aliphatic heterocycles. The predicted molar refractivity (Wildman–Crippen MR) is 77.2 cm³/mol. The van der Waals surface area contributed by atoms with Crippen molar-refractivity contribution < 1.29 is 14.7 Å². The van der Waals surface area contributed by atoms with Crippen LogP contribution in [0.1, 0.15) is 48.5 Å². The standard InChI is InChI=1S/C15H20N2O3/c1-3-15(8-5-9-15)17-14(20)16-12-10(2)6-4-7-11(12)13(18)19/h4,6-7H,3,5,8-9H2,1-2H3,(H,18,19)(H2,16,17,20). The monoisotopic (exact) mass is 276 g/mol. The number of benzene rings is 1. The Morgan fingerprint density at radius 3 is 2.55 bits per heavy atom. The van der Waals surface area contributed by atoms with Gasteiger partial charge in [-0.2, -0.15) is 0 Å². The summed E-state index contributed by atoms with van der Waals surface area (Å²) in [6.45, 7) is 3.83. The fraction of sp³-hybridized carbons (Fsp3) is 0.467. The van der Waals surface area contributed by atoms with Crippen LogP contribution in [0.25, 0.3) is 0 Å². The molecule has 1 aromatic rings. The van der Waals surface area contributed by atoms with E-state index in [4.69, 9.17) is 5.11 Å². The lowest BCUT2D eigenvalue weighted by molar-refractivity contribution is 0.0698. The van der Waals surface area contributed by atoms with Gasteiger partial charge in [-0.1, -0.05) is 19.1 Å². The lowest BCUT2D eigenvalue weighted by Crippen LogP contribution is -2.54. The fourth-order valence-electron chi connectivity index (χ4n) is 2.57. The molecule has 0 spiro atoms. The van der Waals surface area contributed by atoms with Crippen molar-refractivity contribution in [3.05, 3.63) is 29.3 Å². The highest BCUT2D eigenvalue weighted by Crippen LogP contribution is 2.34. The van der Waals surface area contributed by atoms with Crippen molar-refractivity contribution >= 4 is 17.7 Å². The van der Waals surface area contributed by atoms with Gasteiger partial charge in [-0.3, -0.25) is 0 Å². The number of nitrogens with one attached hydrogen (secondary N) is 2. The first-order valence-electron chi connectivity index (χ1n) is 6.89. The molecule has 1 aliphatic rings. The summed E-state index contributed by atoms with van der Waals surface area (Å²) in [4.78, 5) is 23.3. The second kappa shape index (κ2) is 5.53. The molecule has 1 aliphatic carbocycles. The van der Waals surface area contributed by atoms with Crippen molar-refractivity contribution in [2.24, 2.45) is 0 Å². The Morgan fingerprint density at radius 2 is 2.05 bits per heavy atom. The number of anilines is 1. The zero-order chi connectivity index (χ0) is 14.8. The van der Waals surface area contributed by atoms with Crippen LogP contribution in [0, 0.1) is 6.92 Å². The number of carboxylic acids is 1. The van der Waals surface area contributed by atoms with Crippen molar-refractivity contribution in [3.63, 3.8) is 0 Å². The molecule has 2 amide bonds. The largest absolute Gasteiger partial charge is 0.478 e. The molecular weight excluding hydrogens is 256 g/mol. The van der Waals surface area contributed by atoms with Gasteiger partial charge in [0.1, 0.15) is 0 Å². The first kappa shape index (κ1) is 14.4. The van der Waals surface area contributed by atoms with E-state index in [-0.39, 0.29) is 17.1 Å². The number of carboxylic acid groups (broad SMARTS) is 1. The van der Waals surface area contributed by atoms with Gasteiger partial charge in [-0.25, -0.2) is 9.59 Å². The number of aryl methyl sites for hydroxylation is 1. The molecule has 1 aromatic carbocycles. The summed E-state index contributed by atoms with van der Waals surface area (Å²) >= 11 is 0. The third-order valence-electron chi connectivity index (χ3n) is 4.11. The van der Waals surface area contributed by atoms with E-state index < -0.39 is 5.97 Å². The number of hydrogen-bond donors (Lipinski definition) is 3. The van der Waals surface area contributed by atoms with Gasteiger partial charge in [0.05, 0.1) is 11.3 Å². The number of carbonyl (C=O) groups excluding carboxylic acids is 1. The van der Waals surface area contributed by atoms with Gasteiger partial charge >= 0.3 is 12.0 Å². The first-order chi connectivity index (χ1) is 9.47. The average Bonchev–Trinajstić information content (AvgIpc) is 2.36. The summed E-state index contributed by atoms with van der Waals surface area (Å²) in [7, 11) is 0. The Balaban J connectivity index is 2.13. The van der Waals surface area contributed by atoms with Gasteiger partial charge in [0.15, 0.2) is 0 Å². The minimum absolute atomic E-state index is 0.110. The van der Waals surface area contributed by atoms with Gasteiger partial charge in [-0.05, 0) is 44.2 Å². The van der Waals surface area contributed by atoms with Crippen molar-refractivity contribution in [2.45, 2.75) is 45.1 Å². The second-order valence-corrected chi connectivity index (χ2v) is 5.37. The molecule has 0 bridgehead atoms. The molecule has 1 fully saturated rings. The highest BCUT2D eigenvalue weighted by Gasteiger charge is 2.36. The van der Waals surface area contributed by atoms with Crippen molar-refractivity contribution in [1.82, 2.24) is 5.32 Å². The maximum absolute atomic E-state index is 12.1. The van der Waals surface area contributed by atoms with Gasteiger partial charge < -0.3 is 15.7 Å². The minimum atomic E-state index is -1.04. The van der Waals surface area contributed by atoms with Crippen LogP contribution in [0.15, 0.2) is 18.2 Å². The van der Waals surface area contributed by atoms with Gasteiger partial charge in [0, 0.05) is 5.54 Å². The van der Waals surface area contributed by atoms with Crippen molar-refractivity contribution in [1.29, 1.82) is 0 Å². The Hall–Kier alpha value is -2.04. The summed E-state index contributed by atoms with van der Waals surface area (Å²) in [5, 5.41) is 14.8. The van der Waals surface area contributed by atoms with Crippen LogP contribution in [0.3, 0.4) is 0 Å². The molecule has 2 rings (SSSR count). The molecule has 0 atom stereocenters. The Morgan fingerprint density at radius 1 is 1.35 bits per heavy atom. The molecule has 3 N–H and O–H groups in total. The zero-order valence-corrected chi connectivity index (χ0v) is 11.8.